The fourth-order valence-electron chi connectivity index (χ4n) is 4.90. The maximum Gasteiger partial charge on any atom is 0.175 e. The molecule has 4 rings (SSSR count). The number of rotatable bonds is 4. The SMILES string of the molecule is CCc1ccc(C2=C(c3ccc(S(C)(=O)=O)cc3)CC3(CCCC3)C2)cc1. The summed E-state index contributed by atoms with van der Waals surface area (Å²) in [6, 6.07) is 16.5. The predicted octanol–water partition coefficient (Wildman–Crippen LogP) is 5.92. The molecule has 0 N–H and O–H groups in total. The molecule has 2 nitrogen and oxygen atoms in total. The van der Waals surface area contributed by atoms with Crippen molar-refractivity contribution in [2.24, 2.45) is 5.41 Å². The Labute approximate surface area is 163 Å². The summed E-state index contributed by atoms with van der Waals surface area (Å²) in [6.45, 7) is 2.19. The zero-order chi connectivity index (χ0) is 19.1. The molecule has 2 aliphatic carbocycles. The van der Waals surface area contributed by atoms with Gasteiger partial charge in [0.1, 0.15) is 0 Å². The largest absolute Gasteiger partial charge is 0.224 e. The van der Waals surface area contributed by atoms with Crippen LogP contribution in [0.15, 0.2) is 53.4 Å². The Morgan fingerprint density at radius 2 is 1.30 bits per heavy atom. The minimum absolute atomic E-state index is 0.397. The molecular weight excluding hydrogens is 352 g/mol. The second-order valence-electron chi connectivity index (χ2n) is 8.36. The lowest BCUT2D eigenvalue weighted by atomic mass is 9.81. The topological polar surface area (TPSA) is 34.1 Å². The van der Waals surface area contributed by atoms with E-state index >= 15 is 0 Å². The summed E-state index contributed by atoms with van der Waals surface area (Å²) >= 11 is 0. The predicted molar refractivity (Wildman–Crippen MR) is 112 cm³/mol. The van der Waals surface area contributed by atoms with Gasteiger partial charge >= 0.3 is 0 Å². The van der Waals surface area contributed by atoms with Gasteiger partial charge < -0.3 is 0 Å². The Morgan fingerprint density at radius 1 is 0.815 bits per heavy atom. The summed E-state index contributed by atoms with van der Waals surface area (Å²) in [7, 11) is -3.15. The standard InChI is InChI=1S/C24H28O2S/c1-3-18-6-8-19(9-7-18)22-16-24(14-4-5-15-24)17-23(22)20-10-12-21(13-11-20)27(2,25)26/h6-13H,3-5,14-17H2,1-2H3. The summed E-state index contributed by atoms with van der Waals surface area (Å²) in [4.78, 5) is 0.397. The van der Waals surface area contributed by atoms with E-state index < -0.39 is 9.84 Å². The highest BCUT2D eigenvalue weighted by Crippen LogP contribution is 2.57. The number of allylic oxidation sites excluding steroid dienone is 2. The van der Waals surface area contributed by atoms with E-state index in [-0.39, 0.29) is 0 Å². The van der Waals surface area contributed by atoms with Crippen LogP contribution >= 0.6 is 0 Å². The summed E-state index contributed by atoms with van der Waals surface area (Å²) < 4.78 is 23.6. The number of hydrogen-bond donors (Lipinski definition) is 0. The number of sulfone groups is 1. The Bertz CT molecular complexity index is 958. The molecule has 1 spiro atoms. The van der Waals surface area contributed by atoms with E-state index in [2.05, 4.69) is 31.2 Å². The van der Waals surface area contributed by atoms with Gasteiger partial charge in [-0.3, -0.25) is 0 Å². The number of aryl methyl sites for hydroxylation is 1. The van der Waals surface area contributed by atoms with Crippen molar-refractivity contribution in [1.29, 1.82) is 0 Å². The van der Waals surface area contributed by atoms with Crippen molar-refractivity contribution in [3.63, 3.8) is 0 Å². The van der Waals surface area contributed by atoms with E-state index in [0.717, 1.165) is 19.3 Å². The molecule has 0 aliphatic heterocycles. The van der Waals surface area contributed by atoms with Crippen LogP contribution in [0.5, 0.6) is 0 Å². The molecule has 0 radical (unpaired) electrons. The molecule has 0 unspecified atom stereocenters. The van der Waals surface area contributed by atoms with Gasteiger partial charge in [0.2, 0.25) is 0 Å². The first-order valence-corrected chi connectivity index (χ1v) is 11.9. The molecule has 1 fully saturated rings. The van der Waals surface area contributed by atoms with Gasteiger partial charge in [-0.1, -0.05) is 56.2 Å². The van der Waals surface area contributed by atoms with Gasteiger partial charge in [-0.15, -0.1) is 0 Å². The van der Waals surface area contributed by atoms with Crippen molar-refractivity contribution in [2.45, 2.75) is 56.8 Å². The Balaban J connectivity index is 1.76. The molecule has 27 heavy (non-hydrogen) atoms. The maximum atomic E-state index is 11.8. The van der Waals surface area contributed by atoms with Crippen LogP contribution in [-0.2, 0) is 16.3 Å². The smallest absolute Gasteiger partial charge is 0.175 e. The maximum absolute atomic E-state index is 11.8. The van der Waals surface area contributed by atoms with E-state index in [4.69, 9.17) is 0 Å². The normalized spacial score (nSPS) is 19.2. The second kappa shape index (κ2) is 6.94. The highest BCUT2D eigenvalue weighted by molar-refractivity contribution is 7.90. The molecule has 142 valence electrons. The molecule has 0 atom stereocenters. The monoisotopic (exact) mass is 380 g/mol. The van der Waals surface area contributed by atoms with Crippen molar-refractivity contribution in [2.75, 3.05) is 6.26 Å². The van der Waals surface area contributed by atoms with Crippen molar-refractivity contribution in [3.05, 3.63) is 65.2 Å². The molecule has 0 aromatic heterocycles. The van der Waals surface area contributed by atoms with Crippen LogP contribution < -0.4 is 0 Å². The van der Waals surface area contributed by atoms with Crippen molar-refractivity contribution < 1.29 is 8.42 Å². The van der Waals surface area contributed by atoms with Crippen molar-refractivity contribution in [3.8, 4) is 0 Å². The van der Waals surface area contributed by atoms with Crippen LogP contribution in [0.4, 0.5) is 0 Å². The first-order chi connectivity index (χ1) is 12.9. The fourth-order valence-corrected chi connectivity index (χ4v) is 5.53. The third kappa shape index (κ3) is 3.62. The molecule has 0 bridgehead atoms. The summed E-state index contributed by atoms with van der Waals surface area (Å²) in [6.07, 6.45) is 9.90. The van der Waals surface area contributed by atoms with Crippen LogP contribution in [0, 0.1) is 5.41 Å². The van der Waals surface area contributed by atoms with Crippen LogP contribution in [0.3, 0.4) is 0 Å². The van der Waals surface area contributed by atoms with Gasteiger partial charge in [0, 0.05) is 6.26 Å². The lowest BCUT2D eigenvalue weighted by Crippen LogP contribution is -2.11. The van der Waals surface area contributed by atoms with Gasteiger partial charge in [0.05, 0.1) is 4.90 Å². The van der Waals surface area contributed by atoms with E-state index in [1.807, 2.05) is 12.1 Å². The third-order valence-corrected chi connectivity index (χ3v) is 7.60. The Hall–Kier alpha value is -1.87. The molecule has 2 aromatic carbocycles. The van der Waals surface area contributed by atoms with Crippen LogP contribution in [0.1, 0.15) is 62.1 Å². The number of benzene rings is 2. The average molecular weight is 381 g/mol. The van der Waals surface area contributed by atoms with E-state index in [1.165, 1.54) is 59.8 Å². The molecule has 2 aromatic rings. The molecule has 3 heteroatoms. The van der Waals surface area contributed by atoms with Gasteiger partial charge in [-0.25, -0.2) is 8.42 Å². The minimum Gasteiger partial charge on any atom is -0.224 e. The van der Waals surface area contributed by atoms with Crippen LogP contribution in [-0.4, -0.2) is 14.7 Å². The quantitative estimate of drug-likeness (QED) is 0.660. The highest BCUT2D eigenvalue weighted by Gasteiger charge is 2.41. The second-order valence-corrected chi connectivity index (χ2v) is 10.4. The fraction of sp³-hybridized carbons (Fsp3) is 0.417. The zero-order valence-electron chi connectivity index (χ0n) is 16.3. The molecule has 2 aliphatic rings. The van der Waals surface area contributed by atoms with Crippen LogP contribution in [0.25, 0.3) is 11.1 Å². The summed E-state index contributed by atoms with van der Waals surface area (Å²) in [5.41, 5.74) is 7.18. The first-order valence-electron chi connectivity index (χ1n) is 10.0. The average Bonchev–Trinajstić information content (AvgIpc) is 3.28. The molecule has 0 amide bonds. The first kappa shape index (κ1) is 18.5. The lowest BCUT2D eigenvalue weighted by molar-refractivity contribution is 0.330. The lowest BCUT2D eigenvalue weighted by Gasteiger charge is -2.23. The van der Waals surface area contributed by atoms with Gasteiger partial charge in [0.15, 0.2) is 9.84 Å². The Morgan fingerprint density at radius 3 is 1.74 bits per heavy atom. The van der Waals surface area contributed by atoms with Crippen molar-refractivity contribution >= 4 is 21.0 Å². The van der Waals surface area contributed by atoms with Crippen molar-refractivity contribution in [1.82, 2.24) is 0 Å². The summed E-state index contributed by atoms with van der Waals surface area (Å²) in [5, 5.41) is 0. The molecular formula is C24H28O2S. The summed E-state index contributed by atoms with van der Waals surface area (Å²) in [5.74, 6) is 0. The van der Waals surface area contributed by atoms with Gasteiger partial charge in [-0.2, -0.15) is 0 Å². The third-order valence-electron chi connectivity index (χ3n) is 6.47. The minimum atomic E-state index is -3.15. The van der Waals surface area contributed by atoms with E-state index in [1.54, 1.807) is 12.1 Å². The Kier molecular flexibility index (Phi) is 4.75. The zero-order valence-corrected chi connectivity index (χ0v) is 17.1. The molecule has 1 saturated carbocycles. The van der Waals surface area contributed by atoms with Crippen LogP contribution in [0.2, 0.25) is 0 Å². The molecule has 0 heterocycles. The van der Waals surface area contributed by atoms with E-state index in [9.17, 15) is 8.42 Å². The van der Waals surface area contributed by atoms with Gasteiger partial charge in [-0.05, 0) is 77.5 Å². The van der Waals surface area contributed by atoms with E-state index in [0.29, 0.717) is 10.3 Å². The number of hydrogen-bond acceptors (Lipinski definition) is 2. The molecule has 0 saturated heterocycles. The van der Waals surface area contributed by atoms with Gasteiger partial charge in [0.25, 0.3) is 0 Å². The highest BCUT2D eigenvalue weighted by atomic mass is 32.2.